The molecule has 1 saturated carbocycles. The lowest BCUT2D eigenvalue weighted by Gasteiger charge is -2.13. The molecule has 0 unspecified atom stereocenters. The number of hydrogen-bond donors (Lipinski definition) is 2. The van der Waals surface area contributed by atoms with Crippen LogP contribution in [0.2, 0.25) is 0 Å². The van der Waals surface area contributed by atoms with E-state index in [1.165, 1.54) is 18.2 Å². The largest absolute Gasteiger partial charge is 0.326 e. The van der Waals surface area contributed by atoms with Crippen molar-refractivity contribution in [3.63, 3.8) is 0 Å². The van der Waals surface area contributed by atoms with Crippen LogP contribution in [0, 0.1) is 18.7 Å². The fraction of sp³-hybridized carbons (Fsp3) is 0.222. The van der Waals surface area contributed by atoms with Crippen molar-refractivity contribution in [1.82, 2.24) is 0 Å². The minimum absolute atomic E-state index is 0.00526. The summed E-state index contributed by atoms with van der Waals surface area (Å²) in [6.45, 7) is 1.81. The maximum atomic E-state index is 13.7. The summed E-state index contributed by atoms with van der Waals surface area (Å²) in [4.78, 5) is 24.1. The molecule has 0 saturated heterocycles. The Labute approximate surface area is 133 Å². The standard InChI is InChI=1S/C18H17FN2O2/c1-11-15(20-17(22)12-9-10-12)7-4-8-16(11)21-18(23)13-5-2-3-6-14(13)19/h2-8,12H,9-10H2,1H3,(H,20,22)(H,21,23). The number of nitrogens with one attached hydrogen (secondary N) is 2. The van der Waals surface area contributed by atoms with Crippen LogP contribution in [0.3, 0.4) is 0 Å². The summed E-state index contributed by atoms with van der Waals surface area (Å²) in [5, 5.41) is 5.57. The van der Waals surface area contributed by atoms with E-state index >= 15 is 0 Å². The zero-order valence-electron chi connectivity index (χ0n) is 12.7. The van der Waals surface area contributed by atoms with E-state index in [9.17, 15) is 14.0 Å². The topological polar surface area (TPSA) is 58.2 Å². The number of amides is 2. The summed E-state index contributed by atoms with van der Waals surface area (Å²) >= 11 is 0. The van der Waals surface area contributed by atoms with Crippen LogP contribution >= 0.6 is 0 Å². The highest BCUT2D eigenvalue weighted by Crippen LogP contribution is 2.31. The van der Waals surface area contributed by atoms with Crippen LogP contribution in [-0.4, -0.2) is 11.8 Å². The van der Waals surface area contributed by atoms with Crippen LogP contribution in [0.5, 0.6) is 0 Å². The molecule has 1 fully saturated rings. The van der Waals surface area contributed by atoms with Crippen LogP contribution < -0.4 is 10.6 Å². The molecule has 2 N–H and O–H groups in total. The van der Waals surface area contributed by atoms with E-state index in [0.29, 0.717) is 11.4 Å². The number of anilines is 2. The fourth-order valence-corrected chi connectivity index (χ4v) is 2.32. The molecule has 5 heteroatoms. The van der Waals surface area contributed by atoms with Crippen LogP contribution in [-0.2, 0) is 4.79 Å². The first-order valence-electron chi connectivity index (χ1n) is 7.52. The second kappa shape index (κ2) is 6.20. The first-order valence-corrected chi connectivity index (χ1v) is 7.52. The van der Waals surface area contributed by atoms with Gasteiger partial charge in [-0.25, -0.2) is 4.39 Å². The molecule has 2 aromatic carbocycles. The highest BCUT2D eigenvalue weighted by Gasteiger charge is 2.29. The van der Waals surface area contributed by atoms with Gasteiger partial charge in [-0.2, -0.15) is 0 Å². The van der Waals surface area contributed by atoms with E-state index in [1.54, 1.807) is 31.2 Å². The minimum Gasteiger partial charge on any atom is -0.326 e. The molecule has 2 amide bonds. The predicted octanol–water partition coefficient (Wildman–Crippen LogP) is 3.73. The molecule has 3 rings (SSSR count). The third-order valence-electron chi connectivity index (χ3n) is 3.91. The van der Waals surface area contributed by atoms with Crippen molar-refractivity contribution in [3.8, 4) is 0 Å². The second-order valence-electron chi connectivity index (χ2n) is 5.68. The van der Waals surface area contributed by atoms with Gasteiger partial charge in [-0.3, -0.25) is 9.59 Å². The molecule has 0 radical (unpaired) electrons. The molecule has 2 aromatic rings. The van der Waals surface area contributed by atoms with Gasteiger partial charge < -0.3 is 10.6 Å². The first-order chi connectivity index (χ1) is 11.1. The van der Waals surface area contributed by atoms with Crippen molar-refractivity contribution in [2.24, 2.45) is 5.92 Å². The number of carbonyl (C=O) groups is 2. The monoisotopic (exact) mass is 312 g/mol. The van der Waals surface area contributed by atoms with Gasteiger partial charge in [0.15, 0.2) is 0 Å². The molecule has 0 aromatic heterocycles. The number of halogens is 1. The van der Waals surface area contributed by atoms with Gasteiger partial charge in [-0.05, 0) is 49.6 Å². The molecule has 1 aliphatic carbocycles. The molecule has 0 heterocycles. The van der Waals surface area contributed by atoms with E-state index in [1.807, 2.05) is 0 Å². The number of rotatable bonds is 4. The van der Waals surface area contributed by atoms with E-state index in [0.717, 1.165) is 18.4 Å². The summed E-state index contributed by atoms with van der Waals surface area (Å²) < 4.78 is 13.7. The Bertz CT molecular complexity index is 769. The Kier molecular flexibility index (Phi) is 4.10. The first kappa shape index (κ1) is 15.2. The van der Waals surface area contributed by atoms with Gasteiger partial charge >= 0.3 is 0 Å². The van der Waals surface area contributed by atoms with Gasteiger partial charge in [0.2, 0.25) is 5.91 Å². The Hall–Kier alpha value is -2.69. The average molecular weight is 312 g/mol. The third-order valence-corrected chi connectivity index (χ3v) is 3.91. The number of benzene rings is 2. The van der Waals surface area contributed by atoms with Gasteiger partial charge in [0.25, 0.3) is 5.91 Å². The van der Waals surface area contributed by atoms with Crippen molar-refractivity contribution in [2.45, 2.75) is 19.8 Å². The van der Waals surface area contributed by atoms with Crippen molar-refractivity contribution in [1.29, 1.82) is 0 Å². The predicted molar refractivity (Wildman–Crippen MR) is 86.9 cm³/mol. The van der Waals surface area contributed by atoms with Crippen LogP contribution in [0.15, 0.2) is 42.5 Å². The quantitative estimate of drug-likeness (QED) is 0.903. The highest BCUT2D eigenvalue weighted by molar-refractivity contribution is 6.05. The summed E-state index contributed by atoms with van der Waals surface area (Å²) in [7, 11) is 0. The van der Waals surface area contributed by atoms with E-state index in [4.69, 9.17) is 0 Å². The molecule has 0 atom stereocenters. The van der Waals surface area contributed by atoms with E-state index in [2.05, 4.69) is 10.6 Å². The summed E-state index contributed by atoms with van der Waals surface area (Å²) in [6.07, 6.45) is 1.85. The molecular weight excluding hydrogens is 295 g/mol. The molecular formula is C18H17FN2O2. The average Bonchev–Trinajstić information content (AvgIpc) is 3.36. The van der Waals surface area contributed by atoms with Gasteiger partial charge in [0.1, 0.15) is 5.82 Å². The maximum Gasteiger partial charge on any atom is 0.258 e. The molecule has 0 aliphatic heterocycles. The fourth-order valence-electron chi connectivity index (χ4n) is 2.32. The Morgan fingerprint density at radius 3 is 2.30 bits per heavy atom. The molecule has 4 nitrogen and oxygen atoms in total. The SMILES string of the molecule is Cc1c(NC(=O)c2ccccc2F)cccc1NC(=O)C1CC1. The van der Waals surface area contributed by atoms with E-state index in [-0.39, 0.29) is 17.4 Å². The van der Waals surface area contributed by atoms with Crippen molar-refractivity contribution >= 4 is 23.2 Å². The summed E-state index contributed by atoms with van der Waals surface area (Å²) in [5.41, 5.74) is 1.94. The number of hydrogen-bond acceptors (Lipinski definition) is 2. The molecule has 23 heavy (non-hydrogen) atoms. The zero-order valence-corrected chi connectivity index (χ0v) is 12.7. The van der Waals surface area contributed by atoms with Crippen LogP contribution in [0.25, 0.3) is 0 Å². The molecule has 0 spiro atoms. The maximum absolute atomic E-state index is 13.7. The van der Waals surface area contributed by atoms with Crippen molar-refractivity contribution in [2.75, 3.05) is 10.6 Å². The lowest BCUT2D eigenvalue weighted by molar-refractivity contribution is -0.117. The zero-order chi connectivity index (χ0) is 16.4. The lowest BCUT2D eigenvalue weighted by atomic mass is 10.1. The van der Waals surface area contributed by atoms with Gasteiger partial charge in [0.05, 0.1) is 5.56 Å². The lowest BCUT2D eigenvalue weighted by Crippen LogP contribution is -2.17. The van der Waals surface area contributed by atoms with Gasteiger partial charge in [0, 0.05) is 17.3 Å². The smallest absolute Gasteiger partial charge is 0.258 e. The van der Waals surface area contributed by atoms with E-state index < -0.39 is 11.7 Å². The Morgan fingerprint density at radius 2 is 1.65 bits per heavy atom. The van der Waals surface area contributed by atoms with Crippen LogP contribution in [0.4, 0.5) is 15.8 Å². The van der Waals surface area contributed by atoms with Gasteiger partial charge in [-0.15, -0.1) is 0 Å². The third kappa shape index (κ3) is 3.39. The Balaban J connectivity index is 1.79. The van der Waals surface area contributed by atoms with Gasteiger partial charge in [-0.1, -0.05) is 18.2 Å². The Morgan fingerprint density at radius 1 is 1.00 bits per heavy atom. The molecule has 118 valence electrons. The molecule has 0 bridgehead atoms. The molecule has 1 aliphatic rings. The summed E-state index contributed by atoms with van der Waals surface area (Å²) in [6, 6.07) is 11.1. The normalized spacial score (nSPS) is 13.5. The van der Waals surface area contributed by atoms with Crippen molar-refractivity contribution < 1.29 is 14.0 Å². The highest BCUT2D eigenvalue weighted by atomic mass is 19.1. The van der Waals surface area contributed by atoms with Crippen molar-refractivity contribution in [3.05, 3.63) is 59.4 Å². The summed E-state index contributed by atoms with van der Waals surface area (Å²) in [5.74, 6) is -0.977. The van der Waals surface area contributed by atoms with Crippen LogP contribution in [0.1, 0.15) is 28.8 Å². The second-order valence-corrected chi connectivity index (χ2v) is 5.68. The minimum atomic E-state index is -0.569. The number of carbonyl (C=O) groups excluding carboxylic acids is 2.